The van der Waals surface area contributed by atoms with Crippen molar-refractivity contribution in [2.45, 2.75) is 13.3 Å². The topological polar surface area (TPSA) is 32.3 Å². The maximum Gasteiger partial charge on any atom is 0.150 e. The third-order valence-electron chi connectivity index (χ3n) is 2.11. The summed E-state index contributed by atoms with van der Waals surface area (Å²) in [5.74, 6) is 0.286. The summed E-state index contributed by atoms with van der Waals surface area (Å²) in [5.41, 5.74) is 0.958. The predicted molar refractivity (Wildman–Crippen MR) is 53.7 cm³/mol. The number of carbonyl (C=O) groups excluding carboxylic acids is 1. The monoisotopic (exact) mass is 182 g/mol. The van der Waals surface area contributed by atoms with Crippen LogP contribution in [0.25, 0.3) is 0 Å². The normalized spacial score (nSPS) is 18.5. The first-order chi connectivity index (χ1) is 6.18. The molecule has 0 aromatic rings. The summed E-state index contributed by atoms with van der Waals surface area (Å²) in [4.78, 5) is 13.6. The number of nitrogens with zero attached hydrogens (tertiary/aromatic N) is 1. The average molecular weight is 182 g/mol. The van der Waals surface area contributed by atoms with Crippen LogP contribution < -0.4 is 5.32 Å². The van der Waals surface area contributed by atoms with E-state index in [-0.39, 0.29) is 5.78 Å². The smallest absolute Gasteiger partial charge is 0.150 e. The van der Waals surface area contributed by atoms with Gasteiger partial charge in [-0.1, -0.05) is 12.2 Å². The van der Waals surface area contributed by atoms with Crippen LogP contribution in [-0.4, -0.2) is 43.4 Å². The van der Waals surface area contributed by atoms with Gasteiger partial charge in [0.05, 0.1) is 6.54 Å². The van der Waals surface area contributed by atoms with E-state index >= 15 is 0 Å². The molecule has 0 radical (unpaired) electrons. The molecule has 1 aliphatic heterocycles. The van der Waals surface area contributed by atoms with E-state index in [9.17, 15) is 4.79 Å². The van der Waals surface area contributed by atoms with E-state index in [2.05, 4.69) is 16.8 Å². The van der Waals surface area contributed by atoms with E-state index in [0.717, 1.165) is 31.8 Å². The van der Waals surface area contributed by atoms with E-state index < -0.39 is 0 Å². The number of piperazine rings is 1. The summed E-state index contributed by atoms with van der Waals surface area (Å²) >= 11 is 0. The Morgan fingerprint density at radius 2 is 2.08 bits per heavy atom. The second kappa shape index (κ2) is 5.14. The highest BCUT2D eigenvalue weighted by molar-refractivity contribution is 5.82. The quantitative estimate of drug-likeness (QED) is 0.640. The number of Topliss-reactive ketones (excluding diaryl/α,β-unsaturated/α-hetero) is 1. The summed E-state index contributed by atoms with van der Waals surface area (Å²) in [6, 6.07) is 0. The number of ketones is 1. The molecule has 0 aromatic carbocycles. The van der Waals surface area contributed by atoms with Crippen LogP contribution in [0.4, 0.5) is 0 Å². The van der Waals surface area contributed by atoms with Crippen LogP contribution >= 0.6 is 0 Å². The zero-order valence-corrected chi connectivity index (χ0v) is 8.31. The molecule has 0 spiro atoms. The van der Waals surface area contributed by atoms with Gasteiger partial charge in [-0.2, -0.15) is 0 Å². The molecule has 1 N–H and O–H groups in total. The van der Waals surface area contributed by atoms with Crippen LogP contribution in [0, 0.1) is 0 Å². The zero-order valence-electron chi connectivity index (χ0n) is 8.31. The Hall–Kier alpha value is -0.670. The Balaban J connectivity index is 2.22. The van der Waals surface area contributed by atoms with Crippen molar-refractivity contribution in [1.82, 2.24) is 10.2 Å². The van der Waals surface area contributed by atoms with E-state index in [0.29, 0.717) is 13.0 Å². The van der Waals surface area contributed by atoms with Crippen molar-refractivity contribution in [3.05, 3.63) is 12.2 Å². The van der Waals surface area contributed by atoms with E-state index in [1.807, 2.05) is 6.92 Å². The molecule has 1 fully saturated rings. The van der Waals surface area contributed by atoms with Gasteiger partial charge in [-0.25, -0.2) is 0 Å². The van der Waals surface area contributed by atoms with Gasteiger partial charge in [-0.05, 0) is 6.92 Å². The fourth-order valence-corrected chi connectivity index (χ4v) is 1.51. The molecular weight excluding hydrogens is 164 g/mol. The lowest BCUT2D eigenvalue weighted by Gasteiger charge is -2.26. The summed E-state index contributed by atoms with van der Waals surface area (Å²) in [5, 5.41) is 3.26. The number of nitrogens with one attached hydrogen (secondary N) is 1. The predicted octanol–water partition coefficient (Wildman–Crippen LogP) is 0.427. The van der Waals surface area contributed by atoms with Crippen molar-refractivity contribution in [2.24, 2.45) is 0 Å². The molecule has 1 saturated heterocycles. The van der Waals surface area contributed by atoms with Crippen molar-refractivity contribution in [3.63, 3.8) is 0 Å². The minimum atomic E-state index is 0.286. The van der Waals surface area contributed by atoms with Crippen molar-refractivity contribution in [2.75, 3.05) is 32.7 Å². The highest BCUT2D eigenvalue weighted by Gasteiger charge is 2.12. The van der Waals surface area contributed by atoms with Crippen LogP contribution in [0.2, 0.25) is 0 Å². The number of hydrogen-bond acceptors (Lipinski definition) is 3. The molecule has 0 unspecified atom stereocenters. The third-order valence-corrected chi connectivity index (χ3v) is 2.11. The molecule has 1 aliphatic rings. The molecule has 3 nitrogen and oxygen atoms in total. The molecule has 0 atom stereocenters. The number of rotatable bonds is 4. The van der Waals surface area contributed by atoms with E-state index in [1.165, 1.54) is 0 Å². The zero-order chi connectivity index (χ0) is 9.68. The van der Waals surface area contributed by atoms with Gasteiger partial charge in [-0.3, -0.25) is 9.69 Å². The Morgan fingerprint density at radius 3 is 2.62 bits per heavy atom. The first-order valence-electron chi connectivity index (χ1n) is 4.77. The highest BCUT2D eigenvalue weighted by atomic mass is 16.1. The number of allylic oxidation sites excluding steroid dienone is 1. The van der Waals surface area contributed by atoms with Crippen molar-refractivity contribution in [3.8, 4) is 0 Å². The first kappa shape index (κ1) is 10.4. The van der Waals surface area contributed by atoms with Gasteiger partial charge in [0.15, 0.2) is 5.78 Å². The van der Waals surface area contributed by atoms with Crippen LogP contribution in [0.15, 0.2) is 12.2 Å². The molecule has 0 aromatic heterocycles. The van der Waals surface area contributed by atoms with Gasteiger partial charge >= 0.3 is 0 Å². The molecule has 0 amide bonds. The Morgan fingerprint density at radius 1 is 1.46 bits per heavy atom. The summed E-state index contributed by atoms with van der Waals surface area (Å²) in [6.07, 6.45) is 0.532. The molecule has 13 heavy (non-hydrogen) atoms. The average Bonchev–Trinajstić information content (AvgIpc) is 2.04. The van der Waals surface area contributed by atoms with Crippen LogP contribution in [0.1, 0.15) is 13.3 Å². The molecule has 0 saturated carbocycles. The maximum absolute atomic E-state index is 11.4. The molecule has 0 bridgehead atoms. The van der Waals surface area contributed by atoms with Gasteiger partial charge in [0.2, 0.25) is 0 Å². The Labute approximate surface area is 79.8 Å². The summed E-state index contributed by atoms with van der Waals surface area (Å²) < 4.78 is 0. The number of hydrogen-bond donors (Lipinski definition) is 1. The fourth-order valence-electron chi connectivity index (χ4n) is 1.51. The minimum Gasteiger partial charge on any atom is -0.314 e. The van der Waals surface area contributed by atoms with Gasteiger partial charge in [0, 0.05) is 32.6 Å². The largest absolute Gasteiger partial charge is 0.314 e. The molecule has 1 heterocycles. The fraction of sp³-hybridized carbons (Fsp3) is 0.700. The van der Waals surface area contributed by atoms with E-state index in [4.69, 9.17) is 0 Å². The van der Waals surface area contributed by atoms with Gasteiger partial charge in [0.1, 0.15) is 0 Å². The third kappa shape index (κ3) is 4.20. The molecular formula is C10H18N2O. The minimum absolute atomic E-state index is 0.286. The van der Waals surface area contributed by atoms with Gasteiger partial charge in [0.25, 0.3) is 0 Å². The molecule has 3 heteroatoms. The van der Waals surface area contributed by atoms with Crippen molar-refractivity contribution < 1.29 is 4.79 Å². The van der Waals surface area contributed by atoms with Crippen molar-refractivity contribution >= 4 is 5.78 Å². The summed E-state index contributed by atoms with van der Waals surface area (Å²) in [7, 11) is 0. The van der Waals surface area contributed by atoms with Crippen LogP contribution in [-0.2, 0) is 4.79 Å². The second-order valence-electron chi connectivity index (χ2n) is 3.70. The first-order valence-corrected chi connectivity index (χ1v) is 4.77. The van der Waals surface area contributed by atoms with Gasteiger partial charge < -0.3 is 5.32 Å². The second-order valence-corrected chi connectivity index (χ2v) is 3.70. The van der Waals surface area contributed by atoms with Gasteiger partial charge in [-0.15, -0.1) is 0 Å². The molecule has 0 aliphatic carbocycles. The highest BCUT2D eigenvalue weighted by Crippen LogP contribution is 1.99. The lowest BCUT2D eigenvalue weighted by molar-refractivity contribution is -0.119. The lowest BCUT2D eigenvalue weighted by atomic mass is 10.1. The lowest BCUT2D eigenvalue weighted by Crippen LogP contribution is -2.45. The number of carbonyl (C=O) groups is 1. The standard InChI is InChI=1S/C10H18N2O/c1-9(2)7-10(13)8-12-5-3-11-4-6-12/h11H,1,3-8H2,2H3. The summed E-state index contributed by atoms with van der Waals surface area (Å²) in [6.45, 7) is 10.2. The molecule has 74 valence electrons. The SMILES string of the molecule is C=C(C)CC(=O)CN1CCNCC1. The van der Waals surface area contributed by atoms with E-state index in [1.54, 1.807) is 0 Å². The maximum atomic E-state index is 11.4. The Bertz CT molecular complexity index is 195. The van der Waals surface area contributed by atoms with Crippen molar-refractivity contribution in [1.29, 1.82) is 0 Å². The molecule has 1 rings (SSSR count). The Kier molecular flexibility index (Phi) is 4.12. The van der Waals surface area contributed by atoms with Crippen LogP contribution in [0.5, 0.6) is 0 Å². The van der Waals surface area contributed by atoms with Crippen LogP contribution in [0.3, 0.4) is 0 Å².